The molecule has 5 N–H and O–H groups in total. The van der Waals surface area contributed by atoms with Gasteiger partial charge in [0.1, 0.15) is 36.4 Å². The van der Waals surface area contributed by atoms with Gasteiger partial charge in [-0.3, -0.25) is 24.1 Å². The Morgan fingerprint density at radius 1 is 0.932 bits per heavy atom. The largest absolute Gasteiger partial charge is 0.501 e. The van der Waals surface area contributed by atoms with Crippen LogP contribution in [0.15, 0.2) is 65.6 Å². The molecule has 4 aliphatic heterocycles. The first-order chi connectivity index (χ1) is 35.2. The molecule has 7 heterocycles. The van der Waals surface area contributed by atoms with Crippen LogP contribution in [0.4, 0.5) is 0 Å². The van der Waals surface area contributed by atoms with Crippen LogP contribution in [-0.4, -0.2) is 155 Å². The molecule has 2 aromatic carbocycles. The molecule has 26 nitrogen and oxygen atoms in total. The van der Waals surface area contributed by atoms with Crippen LogP contribution in [0, 0.1) is 0 Å². The molecule has 0 bridgehead atoms. The standard InChI is InChI=1S/C47H47N7O19S/c1-4-26-27-17-25(7-8-31(27)48-37-28(26)21-53-32(37)18-30-29(43(53)61)22-69-46(64)47(30,65)5-2)72-74(66,67)73-34-16-23(6-9-33(34)70-45-40(59)38(57)39(58)41(71-45)44(62)63)42(60)51(3)12-14-68-15-13-52-19-24(49-50-52)20-54-35(55)10-11-36(54)56/h6-11,16-19,38-41,45,57-59,65H,4-5,12-15,20-22H2,1-3H3,(H,62,63)/t38-,39-,40+,41-,45+,47+/m0/s1. The van der Waals surface area contributed by atoms with Gasteiger partial charge in [-0.2, -0.15) is 0 Å². The van der Waals surface area contributed by atoms with Gasteiger partial charge in [-0.25, -0.2) is 19.3 Å². The second-order valence-corrected chi connectivity index (χ2v) is 18.7. The van der Waals surface area contributed by atoms with Crippen LogP contribution in [0.2, 0.25) is 0 Å². The van der Waals surface area contributed by atoms with Crippen molar-refractivity contribution in [3.05, 3.63) is 105 Å². The lowest BCUT2D eigenvalue weighted by Crippen LogP contribution is -2.61. The van der Waals surface area contributed by atoms with Crippen molar-refractivity contribution in [3.8, 4) is 28.6 Å². The zero-order valence-corrected chi connectivity index (χ0v) is 40.3. The molecule has 5 aromatic rings. The number of cyclic esters (lactones) is 1. The van der Waals surface area contributed by atoms with Crippen LogP contribution >= 0.6 is 0 Å². The molecule has 390 valence electrons. The van der Waals surface area contributed by atoms with Gasteiger partial charge in [0.15, 0.2) is 23.2 Å². The third-order valence-corrected chi connectivity index (χ3v) is 13.7. The van der Waals surface area contributed by atoms with Gasteiger partial charge in [0.2, 0.25) is 6.29 Å². The number of aryl methyl sites for hydroxylation is 1. The minimum Gasteiger partial charge on any atom is -0.479 e. The van der Waals surface area contributed by atoms with E-state index in [-0.39, 0.29) is 74.9 Å². The maximum Gasteiger partial charge on any atom is 0.501 e. The first kappa shape index (κ1) is 51.2. The van der Waals surface area contributed by atoms with E-state index in [0.29, 0.717) is 45.5 Å². The number of aliphatic hydroxyl groups excluding tert-OH is 3. The van der Waals surface area contributed by atoms with Crippen molar-refractivity contribution in [2.75, 3.05) is 26.8 Å². The number of aromatic nitrogens is 5. The summed E-state index contributed by atoms with van der Waals surface area (Å²) in [6, 6.07) is 8.95. The zero-order chi connectivity index (χ0) is 53.0. The van der Waals surface area contributed by atoms with E-state index < -0.39 is 93.4 Å². The summed E-state index contributed by atoms with van der Waals surface area (Å²) in [4.78, 5) is 82.9. The van der Waals surface area contributed by atoms with Gasteiger partial charge in [0, 0.05) is 47.8 Å². The number of aliphatic carboxylic acids is 1. The molecule has 0 aliphatic carbocycles. The molecule has 27 heteroatoms. The number of pyridine rings is 2. The molecule has 74 heavy (non-hydrogen) atoms. The first-order valence-electron chi connectivity index (χ1n) is 23.0. The van der Waals surface area contributed by atoms with Gasteiger partial charge in [0.05, 0.1) is 61.5 Å². The van der Waals surface area contributed by atoms with Crippen LogP contribution in [0.25, 0.3) is 22.3 Å². The molecule has 0 saturated carbocycles. The van der Waals surface area contributed by atoms with E-state index in [1.807, 2.05) is 6.92 Å². The molecular formula is C47H47N7O19S. The number of carboxylic acids is 1. The quantitative estimate of drug-likeness (QED) is 0.0408. The number of hydrogen-bond donors (Lipinski definition) is 5. The van der Waals surface area contributed by atoms with Gasteiger partial charge in [-0.15, -0.1) is 13.5 Å². The van der Waals surface area contributed by atoms with Crippen molar-refractivity contribution in [2.24, 2.45) is 0 Å². The monoisotopic (exact) mass is 1050 g/mol. The number of carbonyl (C=O) groups is 5. The van der Waals surface area contributed by atoms with Crippen LogP contribution in [0.1, 0.15) is 58.6 Å². The highest BCUT2D eigenvalue weighted by molar-refractivity contribution is 7.82. The predicted molar refractivity (Wildman–Crippen MR) is 248 cm³/mol. The average Bonchev–Trinajstić information content (AvgIpc) is 4.09. The molecule has 1 saturated heterocycles. The molecule has 0 unspecified atom stereocenters. The smallest absolute Gasteiger partial charge is 0.479 e. The number of esters is 1. The van der Waals surface area contributed by atoms with Crippen LogP contribution in [0.3, 0.4) is 0 Å². The topological polar surface area (TPSA) is 348 Å². The first-order valence-corrected chi connectivity index (χ1v) is 24.3. The average molecular weight is 1050 g/mol. The molecular weight excluding hydrogens is 999 g/mol. The van der Waals surface area contributed by atoms with Crippen LogP contribution < -0.4 is 18.7 Å². The van der Waals surface area contributed by atoms with E-state index in [1.165, 1.54) is 45.5 Å². The van der Waals surface area contributed by atoms with E-state index >= 15 is 0 Å². The van der Waals surface area contributed by atoms with Crippen LogP contribution in [0.5, 0.6) is 17.2 Å². The fourth-order valence-corrected chi connectivity index (χ4v) is 9.70. The Morgan fingerprint density at radius 3 is 2.41 bits per heavy atom. The van der Waals surface area contributed by atoms with Gasteiger partial charge in [-0.1, -0.05) is 19.1 Å². The van der Waals surface area contributed by atoms with E-state index in [2.05, 4.69) is 10.3 Å². The molecule has 0 radical (unpaired) electrons. The Bertz CT molecular complexity index is 3320. The number of benzene rings is 2. The van der Waals surface area contributed by atoms with E-state index in [4.69, 9.17) is 32.3 Å². The maximum atomic E-state index is 13.8. The summed E-state index contributed by atoms with van der Waals surface area (Å²) in [7, 11) is -3.75. The minimum atomic E-state index is -5.19. The normalized spacial score (nSPS) is 22.1. The summed E-state index contributed by atoms with van der Waals surface area (Å²) in [5.41, 5.74) is 0.459. The summed E-state index contributed by atoms with van der Waals surface area (Å²) in [6.45, 7) is 3.52. The summed E-state index contributed by atoms with van der Waals surface area (Å²) in [5, 5.41) is 60.6. The molecule has 0 spiro atoms. The number of hydrogen-bond acceptors (Lipinski definition) is 21. The van der Waals surface area contributed by atoms with E-state index in [1.54, 1.807) is 19.2 Å². The Hall–Kier alpha value is -7.66. The number of ether oxygens (including phenoxy) is 4. The van der Waals surface area contributed by atoms with Gasteiger partial charge in [-0.05, 0) is 60.9 Å². The van der Waals surface area contributed by atoms with Crippen molar-refractivity contribution in [2.45, 2.75) is 89.2 Å². The number of imide groups is 1. The van der Waals surface area contributed by atoms with Crippen molar-refractivity contribution in [3.63, 3.8) is 0 Å². The molecule has 3 amide bonds. The van der Waals surface area contributed by atoms with Crippen LogP contribution in [-0.2, 0) is 82.1 Å². The van der Waals surface area contributed by atoms with Crippen molar-refractivity contribution < 1.29 is 85.2 Å². The number of likely N-dealkylation sites (N-methyl/N-ethyl adjacent to an activating group) is 1. The minimum absolute atomic E-state index is 0.0191. The summed E-state index contributed by atoms with van der Waals surface area (Å²) >= 11 is 0. The molecule has 4 aliphatic rings. The highest BCUT2D eigenvalue weighted by Gasteiger charge is 2.49. The SMILES string of the molecule is CCc1c2c(nc3ccc(OS(=O)(=O)Oc4cc(C(=O)N(C)CCOCCn5cc(CN6C(=O)C=CC6=O)nn5)ccc4O[C@@H]4O[C@H](C(=O)O)[C@@H](O)[C@H](O)[C@H]4O)cc13)-c1cc3c(c(=O)n1C2)COC(=O)[C@@]3(O)CC. The van der Waals surface area contributed by atoms with Crippen molar-refractivity contribution in [1.82, 2.24) is 34.3 Å². The number of carboxylic acid groups (broad SMARTS) is 1. The van der Waals surface area contributed by atoms with Crippen molar-refractivity contribution in [1.29, 1.82) is 0 Å². The van der Waals surface area contributed by atoms with E-state index in [0.717, 1.165) is 29.2 Å². The summed E-state index contributed by atoms with van der Waals surface area (Å²) in [6.07, 6.45) is -6.15. The second-order valence-electron chi connectivity index (χ2n) is 17.6. The number of nitrogens with zero attached hydrogens (tertiary/aromatic N) is 7. The molecule has 9 rings (SSSR count). The maximum absolute atomic E-state index is 13.8. The van der Waals surface area contributed by atoms with Gasteiger partial charge < -0.3 is 62.3 Å². The number of aliphatic hydroxyl groups is 4. The van der Waals surface area contributed by atoms with E-state index in [9.17, 15) is 62.7 Å². The fraction of sp³-hybridized carbons (Fsp3) is 0.383. The Morgan fingerprint density at radius 2 is 1.69 bits per heavy atom. The number of amides is 3. The molecule has 3 aromatic heterocycles. The lowest BCUT2D eigenvalue weighted by Gasteiger charge is -2.38. The van der Waals surface area contributed by atoms with Crippen molar-refractivity contribution >= 4 is 51.0 Å². The number of rotatable bonds is 18. The highest BCUT2D eigenvalue weighted by Crippen LogP contribution is 2.41. The Balaban J connectivity index is 0.929. The second kappa shape index (κ2) is 20.0. The van der Waals surface area contributed by atoms with Gasteiger partial charge >= 0.3 is 22.3 Å². The molecule has 1 fully saturated rings. The fourth-order valence-electron chi connectivity index (χ4n) is 8.97. The number of fused-ring (bicyclic) bond motifs is 5. The molecule has 6 atom stereocenters. The summed E-state index contributed by atoms with van der Waals surface area (Å²) < 4.78 is 63.2. The third-order valence-electron chi connectivity index (χ3n) is 13.0. The lowest BCUT2D eigenvalue weighted by atomic mass is 9.86. The van der Waals surface area contributed by atoms with Gasteiger partial charge in [0.25, 0.3) is 23.3 Å². The highest BCUT2D eigenvalue weighted by atomic mass is 32.3. The predicted octanol–water partition coefficient (Wildman–Crippen LogP) is -0.579. The summed E-state index contributed by atoms with van der Waals surface area (Å²) in [5.74, 6) is -5.70. The Kier molecular flexibility index (Phi) is 13.8. The number of carbonyl (C=O) groups excluding carboxylic acids is 4. The third kappa shape index (κ3) is 9.56. The Labute approximate surface area is 418 Å². The lowest BCUT2D eigenvalue weighted by molar-refractivity contribution is -0.271. The zero-order valence-electron chi connectivity index (χ0n) is 39.5.